The fraction of sp³-hybridized carbons (Fsp3) is 0.400. The minimum absolute atomic E-state index is 0.0246. The van der Waals surface area contributed by atoms with Gasteiger partial charge in [-0.05, 0) is 73.4 Å². The van der Waals surface area contributed by atoms with Crippen LogP contribution < -0.4 is 18.9 Å². The van der Waals surface area contributed by atoms with Crippen LogP contribution in [0.15, 0.2) is 30.3 Å². The summed E-state index contributed by atoms with van der Waals surface area (Å²) in [7, 11) is 3.04. The number of hydrogen-bond acceptors (Lipinski definition) is 8. The molecule has 8 nitrogen and oxygen atoms in total. The molecule has 0 bridgehead atoms. The van der Waals surface area contributed by atoms with Gasteiger partial charge in [0.15, 0.2) is 11.5 Å². The molecule has 1 heterocycles. The predicted octanol–water partition coefficient (Wildman–Crippen LogP) is 5.12. The van der Waals surface area contributed by atoms with Crippen LogP contribution in [0, 0.1) is 0 Å². The van der Waals surface area contributed by atoms with E-state index in [-0.39, 0.29) is 35.7 Å². The minimum atomic E-state index is -0.942. The van der Waals surface area contributed by atoms with Gasteiger partial charge in [-0.1, -0.05) is 0 Å². The molecule has 1 aliphatic heterocycles. The number of phenolic OH excluding ortho intramolecular Hbond substituents is 3. The molecular weight excluding hydrogens is 488 g/mol. The molecule has 0 aromatic heterocycles. The van der Waals surface area contributed by atoms with Gasteiger partial charge >= 0.3 is 0 Å². The van der Waals surface area contributed by atoms with E-state index in [2.05, 4.69) is 0 Å². The maximum atomic E-state index is 11.8. The largest absolute Gasteiger partial charge is 0.508 e. The summed E-state index contributed by atoms with van der Waals surface area (Å²) in [6.45, 7) is 0.175. The SMILES string of the molecule is COc1cc([C@H]2COc3cc(O)c4c(c3[C@H]2O)CCc2c(OC)cc(O)cc2-4)cc(OC2CCCC2)c1O. The summed E-state index contributed by atoms with van der Waals surface area (Å²) in [4.78, 5) is 0. The molecule has 1 fully saturated rings. The Morgan fingerprint density at radius 1 is 0.842 bits per heavy atom. The summed E-state index contributed by atoms with van der Waals surface area (Å²) < 4.78 is 23.2. The summed E-state index contributed by atoms with van der Waals surface area (Å²) in [5, 5.41) is 43.8. The van der Waals surface area contributed by atoms with Gasteiger partial charge in [-0.2, -0.15) is 0 Å². The summed E-state index contributed by atoms with van der Waals surface area (Å²) in [5.41, 5.74) is 4.26. The first-order valence-corrected chi connectivity index (χ1v) is 13.1. The van der Waals surface area contributed by atoms with Crippen molar-refractivity contribution in [1.29, 1.82) is 0 Å². The molecule has 200 valence electrons. The van der Waals surface area contributed by atoms with E-state index in [4.69, 9.17) is 18.9 Å². The highest BCUT2D eigenvalue weighted by atomic mass is 16.5. The molecule has 2 atom stereocenters. The highest BCUT2D eigenvalue weighted by Crippen LogP contribution is 2.53. The molecule has 0 unspecified atom stereocenters. The van der Waals surface area contributed by atoms with Crippen molar-refractivity contribution in [2.45, 2.75) is 56.7 Å². The number of rotatable bonds is 5. The molecule has 4 N–H and O–H groups in total. The van der Waals surface area contributed by atoms with Crippen LogP contribution in [0.2, 0.25) is 0 Å². The maximum Gasteiger partial charge on any atom is 0.200 e. The third-order valence-electron chi connectivity index (χ3n) is 8.13. The van der Waals surface area contributed by atoms with Crippen molar-refractivity contribution in [2.24, 2.45) is 0 Å². The van der Waals surface area contributed by atoms with Crippen molar-refractivity contribution >= 4 is 0 Å². The van der Waals surface area contributed by atoms with E-state index < -0.39 is 12.0 Å². The molecule has 1 saturated carbocycles. The number of aromatic hydroxyl groups is 3. The van der Waals surface area contributed by atoms with Gasteiger partial charge in [0.2, 0.25) is 5.75 Å². The second-order valence-electron chi connectivity index (χ2n) is 10.3. The van der Waals surface area contributed by atoms with E-state index >= 15 is 0 Å². The Hall–Kier alpha value is -3.78. The van der Waals surface area contributed by atoms with E-state index in [1.165, 1.54) is 13.2 Å². The Morgan fingerprint density at radius 2 is 1.55 bits per heavy atom. The van der Waals surface area contributed by atoms with E-state index in [0.717, 1.165) is 42.4 Å². The number of aliphatic hydroxyl groups excluding tert-OH is 1. The van der Waals surface area contributed by atoms with Crippen LogP contribution in [0.1, 0.15) is 60.0 Å². The minimum Gasteiger partial charge on any atom is -0.508 e. The topological polar surface area (TPSA) is 118 Å². The third kappa shape index (κ3) is 3.95. The van der Waals surface area contributed by atoms with Crippen LogP contribution in [-0.4, -0.2) is 47.4 Å². The van der Waals surface area contributed by atoms with Crippen LogP contribution in [0.3, 0.4) is 0 Å². The maximum absolute atomic E-state index is 11.8. The molecule has 0 spiro atoms. The van der Waals surface area contributed by atoms with Crippen molar-refractivity contribution in [1.82, 2.24) is 0 Å². The van der Waals surface area contributed by atoms with Crippen LogP contribution in [0.4, 0.5) is 0 Å². The molecule has 0 radical (unpaired) electrons. The fourth-order valence-electron chi connectivity index (χ4n) is 6.26. The van der Waals surface area contributed by atoms with Crippen molar-refractivity contribution in [2.75, 3.05) is 20.8 Å². The molecule has 0 amide bonds. The second-order valence-corrected chi connectivity index (χ2v) is 10.3. The van der Waals surface area contributed by atoms with Crippen molar-refractivity contribution in [3.05, 3.63) is 52.6 Å². The van der Waals surface area contributed by atoms with Gasteiger partial charge in [0.25, 0.3) is 0 Å². The van der Waals surface area contributed by atoms with Crippen molar-refractivity contribution in [3.63, 3.8) is 0 Å². The van der Waals surface area contributed by atoms with Crippen LogP contribution in [-0.2, 0) is 12.8 Å². The zero-order valence-electron chi connectivity index (χ0n) is 21.5. The summed E-state index contributed by atoms with van der Waals surface area (Å²) >= 11 is 0. The third-order valence-corrected chi connectivity index (χ3v) is 8.13. The molecule has 0 saturated heterocycles. The smallest absolute Gasteiger partial charge is 0.200 e. The van der Waals surface area contributed by atoms with Crippen molar-refractivity contribution < 1.29 is 39.4 Å². The number of fused-ring (bicyclic) bond motifs is 5. The quantitative estimate of drug-likeness (QED) is 0.366. The van der Waals surface area contributed by atoms with Gasteiger partial charge in [-0.3, -0.25) is 0 Å². The van der Waals surface area contributed by atoms with Gasteiger partial charge in [0.05, 0.1) is 33.0 Å². The van der Waals surface area contributed by atoms with Gasteiger partial charge in [-0.15, -0.1) is 0 Å². The fourth-order valence-corrected chi connectivity index (χ4v) is 6.26. The number of ether oxygens (including phenoxy) is 4. The van der Waals surface area contributed by atoms with Crippen LogP contribution in [0.5, 0.6) is 40.2 Å². The predicted molar refractivity (Wildman–Crippen MR) is 140 cm³/mol. The lowest BCUT2D eigenvalue weighted by atomic mass is 9.77. The second kappa shape index (κ2) is 9.51. The number of benzene rings is 3. The van der Waals surface area contributed by atoms with Crippen LogP contribution in [0.25, 0.3) is 11.1 Å². The first-order chi connectivity index (χ1) is 18.4. The Kier molecular flexibility index (Phi) is 6.14. The van der Waals surface area contributed by atoms with E-state index in [1.807, 2.05) is 0 Å². The summed E-state index contributed by atoms with van der Waals surface area (Å²) in [6.07, 6.45) is 4.34. The van der Waals surface area contributed by atoms with Crippen LogP contribution >= 0.6 is 0 Å². The number of hydrogen-bond donors (Lipinski definition) is 4. The Bertz CT molecular complexity index is 1390. The van der Waals surface area contributed by atoms with Gasteiger partial charge < -0.3 is 39.4 Å². The molecule has 3 aromatic rings. The lowest BCUT2D eigenvalue weighted by Crippen LogP contribution is -2.26. The summed E-state index contributed by atoms with van der Waals surface area (Å²) in [6, 6.07) is 8.20. The monoisotopic (exact) mass is 520 g/mol. The number of methoxy groups -OCH3 is 2. The van der Waals surface area contributed by atoms with E-state index in [1.54, 1.807) is 31.4 Å². The first-order valence-electron chi connectivity index (χ1n) is 13.1. The molecule has 3 aromatic carbocycles. The highest BCUT2D eigenvalue weighted by Gasteiger charge is 2.38. The Balaban J connectivity index is 1.43. The molecule has 8 heteroatoms. The number of aliphatic hydroxyl groups is 1. The standard InChI is InChI=1S/C30H32O8/c1-35-23-12-16(31)11-20-18(23)7-8-19-27(20)22(32)13-24-28(19)29(33)21(14-37-24)15-9-25(36-2)30(34)26(10-15)38-17-5-3-4-6-17/h9-13,17,21,29,31-34H,3-8,14H2,1-2H3/t21-,29+/m1/s1. The molecular formula is C30H32O8. The average Bonchev–Trinajstić information content (AvgIpc) is 3.42. The zero-order valence-corrected chi connectivity index (χ0v) is 21.5. The molecule has 38 heavy (non-hydrogen) atoms. The zero-order chi connectivity index (χ0) is 26.6. The van der Waals surface area contributed by atoms with Gasteiger partial charge in [0, 0.05) is 34.7 Å². The number of phenols is 3. The Labute approximate surface area is 221 Å². The van der Waals surface area contributed by atoms with E-state index in [0.29, 0.717) is 46.8 Å². The average molecular weight is 521 g/mol. The van der Waals surface area contributed by atoms with Gasteiger partial charge in [0.1, 0.15) is 23.0 Å². The summed E-state index contributed by atoms with van der Waals surface area (Å²) in [5.74, 6) is 1.16. The van der Waals surface area contributed by atoms with Gasteiger partial charge in [-0.25, -0.2) is 0 Å². The molecule has 2 aliphatic carbocycles. The van der Waals surface area contributed by atoms with Crippen molar-refractivity contribution in [3.8, 4) is 51.4 Å². The normalized spacial score (nSPS) is 20.2. The van der Waals surface area contributed by atoms with E-state index in [9.17, 15) is 20.4 Å². The lowest BCUT2D eigenvalue weighted by molar-refractivity contribution is 0.0874. The molecule has 6 rings (SSSR count). The lowest BCUT2D eigenvalue weighted by Gasteiger charge is -2.35. The Morgan fingerprint density at radius 3 is 2.29 bits per heavy atom. The first kappa shape index (κ1) is 24.6. The molecule has 3 aliphatic rings. The highest BCUT2D eigenvalue weighted by molar-refractivity contribution is 5.83.